The molecule has 5 nitrogen and oxygen atoms in total. The molecule has 0 aliphatic rings. The third kappa shape index (κ3) is 3.41. The SMILES string of the molecule is CN(Cc1cn[nH]c1)C(=O)CCc1ccccn1. The van der Waals surface area contributed by atoms with Gasteiger partial charge >= 0.3 is 0 Å². The van der Waals surface area contributed by atoms with Crippen molar-refractivity contribution < 1.29 is 4.79 Å². The van der Waals surface area contributed by atoms with Gasteiger partial charge in [-0.1, -0.05) is 6.07 Å². The number of pyridine rings is 1. The third-order valence-electron chi connectivity index (χ3n) is 2.72. The molecular weight excluding hydrogens is 228 g/mol. The molecule has 0 saturated heterocycles. The van der Waals surface area contributed by atoms with Crippen LogP contribution in [0.1, 0.15) is 17.7 Å². The van der Waals surface area contributed by atoms with E-state index in [1.165, 1.54) is 0 Å². The van der Waals surface area contributed by atoms with E-state index in [0.717, 1.165) is 11.3 Å². The molecule has 0 saturated carbocycles. The van der Waals surface area contributed by atoms with Crippen LogP contribution in [0.5, 0.6) is 0 Å². The fourth-order valence-electron chi connectivity index (χ4n) is 1.70. The lowest BCUT2D eigenvalue weighted by molar-refractivity contribution is -0.130. The summed E-state index contributed by atoms with van der Waals surface area (Å²) in [6.45, 7) is 0.581. The molecular formula is C13H16N4O. The number of carbonyl (C=O) groups excluding carboxylic acids is 1. The zero-order valence-electron chi connectivity index (χ0n) is 10.3. The minimum Gasteiger partial charge on any atom is -0.341 e. The molecule has 2 aromatic heterocycles. The number of carbonyl (C=O) groups is 1. The van der Waals surface area contributed by atoms with E-state index in [1.807, 2.05) is 18.2 Å². The zero-order valence-corrected chi connectivity index (χ0v) is 10.3. The van der Waals surface area contributed by atoms with Crippen LogP contribution in [0.25, 0.3) is 0 Å². The number of nitrogens with one attached hydrogen (secondary N) is 1. The van der Waals surface area contributed by atoms with E-state index in [-0.39, 0.29) is 5.91 Å². The van der Waals surface area contributed by atoms with Gasteiger partial charge in [0.05, 0.1) is 6.20 Å². The van der Waals surface area contributed by atoms with Gasteiger partial charge < -0.3 is 4.90 Å². The highest BCUT2D eigenvalue weighted by Gasteiger charge is 2.10. The first-order chi connectivity index (χ1) is 8.75. The topological polar surface area (TPSA) is 61.9 Å². The normalized spacial score (nSPS) is 10.3. The average Bonchev–Trinajstić information content (AvgIpc) is 2.90. The monoisotopic (exact) mass is 244 g/mol. The summed E-state index contributed by atoms with van der Waals surface area (Å²) in [5.41, 5.74) is 1.95. The van der Waals surface area contributed by atoms with Crippen LogP contribution in [0.2, 0.25) is 0 Å². The summed E-state index contributed by atoms with van der Waals surface area (Å²) in [6, 6.07) is 5.74. The Morgan fingerprint density at radius 3 is 3.00 bits per heavy atom. The Bertz CT molecular complexity index is 481. The summed E-state index contributed by atoms with van der Waals surface area (Å²) in [4.78, 5) is 17.8. The van der Waals surface area contributed by atoms with Crippen molar-refractivity contribution in [3.8, 4) is 0 Å². The van der Waals surface area contributed by atoms with Crippen LogP contribution in [-0.2, 0) is 17.8 Å². The maximum Gasteiger partial charge on any atom is 0.223 e. The molecule has 18 heavy (non-hydrogen) atoms. The highest BCUT2D eigenvalue weighted by Crippen LogP contribution is 2.04. The van der Waals surface area contributed by atoms with E-state index in [4.69, 9.17) is 0 Å². The second-order valence-electron chi connectivity index (χ2n) is 4.18. The van der Waals surface area contributed by atoms with Gasteiger partial charge in [-0.3, -0.25) is 14.9 Å². The van der Waals surface area contributed by atoms with E-state index in [9.17, 15) is 4.79 Å². The lowest BCUT2D eigenvalue weighted by Gasteiger charge is -2.15. The Balaban J connectivity index is 1.81. The van der Waals surface area contributed by atoms with Crippen molar-refractivity contribution in [1.29, 1.82) is 0 Å². The Morgan fingerprint density at radius 1 is 1.44 bits per heavy atom. The first-order valence-corrected chi connectivity index (χ1v) is 5.87. The molecule has 0 aliphatic carbocycles. The van der Waals surface area contributed by atoms with E-state index in [2.05, 4.69) is 15.2 Å². The molecule has 0 bridgehead atoms. The van der Waals surface area contributed by atoms with Gasteiger partial charge in [-0.15, -0.1) is 0 Å². The summed E-state index contributed by atoms with van der Waals surface area (Å²) in [5.74, 6) is 0.113. The molecule has 0 atom stereocenters. The summed E-state index contributed by atoms with van der Waals surface area (Å²) in [6.07, 6.45) is 6.42. The molecule has 0 aliphatic heterocycles. The summed E-state index contributed by atoms with van der Waals surface area (Å²) < 4.78 is 0. The fraction of sp³-hybridized carbons (Fsp3) is 0.308. The zero-order chi connectivity index (χ0) is 12.8. The molecule has 2 rings (SSSR count). The number of aromatic nitrogens is 3. The fourth-order valence-corrected chi connectivity index (χ4v) is 1.70. The first kappa shape index (κ1) is 12.3. The summed E-state index contributed by atoms with van der Waals surface area (Å²) in [5, 5.41) is 6.59. The van der Waals surface area contributed by atoms with Crippen LogP contribution in [0.15, 0.2) is 36.8 Å². The molecule has 2 aromatic rings. The number of hydrogen-bond acceptors (Lipinski definition) is 3. The smallest absolute Gasteiger partial charge is 0.223 e. The van der Waals surface area contributed by atoms with Crippen molar-refractivity contribution in [2.24, 2.45) is 0 Å². The Morgan fingerprint density at radius 2 is 2.33 bits per heavy atom. The molecule has 0 aromatic carbocycles. The molecule has 1 N–H and O–H groups in total. The molecule has 0 radical (unpaired) electrons. The minimum atomic E-state index is 0.113. The van der Waals surface area contributed by atoms with Crippen LogP contribution in [0, 0.1) is 0 Å². The maximum absolute atomic E-state index is 11.9. The molecule has 5 heteroatoms. The number of H-pyrrole nitrogens is 1. The largest absolute Gasteiger partial charge is 0.341 e. The van der Waals surface area contributed by atoms with Gasteiger partial charge in [0.25, 0.3) is 0 Å². The van der Waals surface area contributed by atoms with Gasteiger partial charge in [0.15, 0.2) is 0 Å². The van der Waals surface area contributed by atoms with Crippen molar-refractivity contribution in [3.63, 3.8) is 0 Å². The van der Waals surface area contributed by atoms with Gasteiger partial charge in [0, 0.05) is 43.7 Å². The maximum atomic E-state index is 11.9. The number of nitrogens with zero attached hydrogens (tertiary/aromatic N) is 3. The number of amides is 1. The first-order valence-electron chi connectivity index (χ1n) is 5.87. The van der Waals surface area contributed by atoms with E-state index in [0.29, 0.717) is 19.4 Å². The van der Waals surface area contributed by atoms with E-state index >= 15 is 0 Å². The third-order valence-corrected chi connectivity index (χ3v) is 2.72. The molecule has 0 unspecified atom stereocenters. The van der Waals surface area contributed by atoms with Crippen molar-refractivity contribution in [2.75, 3.05) is 7.05 Å². The second-order valence-corrected chi connectivity index (χ2v) is 4.18. The van der Waals surface area contributed by atoms with Crippen molar-refractivity contribution in [1.82, 2.24) is 20.1 Å². The summed E-state index contributed by atoms with van der Waals surface area (Å²) in [7, 11) is 1.80. The van der Waals surface area contributed by atoms with Gasteiger partial charge in [-0.05, 0) is 18.6 Å². The summed E-state index contributed by atoms with van der Waals surface area (Å²) >= 11 is 0. The van der Waals surface area contributed by atoms with Gasteiger partial charge in [0.1, 0.15) is 0 Å². The quantitative estimate of drug-likeness (QED) is 0.864. The van der Waals surface area contributed by atoms with Gasteiger partial charge in [-0.2, -0.15) is 5.10 Å². The lowest BCUT2D eigenvalue weighted by Crippen LogP contribution is -2.26. The van der Waals surface area contributed by atoms with Gasteiger partial charge in [0.2, 0.25) is 5.91 Å². The molecule has 1 amide bonds. The van der Waals surface area contributed by atoms with E-state index in [1.54, 1.807) is 30.5 Å². The molecule has 94 valence electrons. The minimum absolute atomic E-state index is 0.113. The van der Waals surface area contributed by atoms with E-state index < -0.39 is 0 Å². The standard InChI is InChI=1S/C13H16N4O/c1-17(10-11-8-15-16-9-11)13(18)6-5-12-4-2-3-7-14-12/h2-4,7-9H,5-6,10H2,1H3,(H,15,16). The van der Waals surface area contributed by atoms with Gasteiger partial charge in [-0.25, -0.2) is 0 Å². The van der Waals surface area contributed by atoms with Crippen molar-refractivity contribution in [2.45, 2.75) is 19.4 Å². The van der Waals surface area contributed by atoms with Crippen molar-refractivity contribution in [3.05, 3.63) is 48.0 Å². The predicted molar refractivity (Wildman–Crippen MR) is 67.6 cm³/mol. The van der Waals surface area contributed by atoms with Crippen LogP contribution in [0.4, 0.5) is 0 Å². The highest BCUT2D eigenvalue weighted by atomic mass is 16.2. The van der Waals surface area contributed by atoms with Crippen LogP contribution < -0.4 is 0 Å². The number of hydrogen-bond donors (Lipinski definition) is 1. The molecule has 0 spiro atoms. The Kier molecular flexibility index (Phi) is 4.06. The number of aryl methyl sites for hydroxylation is 1. The average molecular weight is 244 g/mol. The number of aromatic amines is 1. The Hall–Kier alpha value is -2.17. The predicted octanol–water partition coefficient (Wildman–Crippen LogP) is 1.40. The van der Waals surface area contributed by atoms with Crippen LogP contribution in [0.3, 0.4) is 0 Å². The van der Waals surface area contributed by atoms with Crippen molar-refractivity contribution >= 4 is 5.91 Å². The molecule has 2 heterocycles. The van der Waals surface area contributed by atoms with Crippen LogP contribution in [-0.4, -0.2) is 33.0 Å². The lowest BCUT2D eigenvalue weighted by atomic mass is 10.2. The molecule has 0 fully saturated rings. The number of rotatable bonds is 5. The van der Waals surface area contributed by atoms with Crippen LogP contribution >= 0.6 is 0 Å². The Labute approximate surface area is 106 Å². The highest BCUT2D eigenvalue weighted by molar-refractivity contribution is 5.76. The second kappa shape index (κ2) is 5.95.